The second-order valence-corrected chi connectivity index (χ2v) is 13.6. The average molecular weight is 682 g/mol. The van der Waals surface area contributed by atoms with Crippen LogP contribution in [0.25, 0.3) is 0 Å². The predicted molar refractivity (Wildman–Crippen MR) is 195 cm³/mol. The normalized spacial score (nSPS) is 17.7. The Morgan fingerprint density at radius 2 is 1.37 bits per heavy atom. The number of unbranched alkanes of at least 4 members (excludes halogenated alkanes) is 11. The predicted octanol–water partition coefficient (Wildman–Crippen LogP) is 8.75. The molecule has 9 nitrogen and oxygen atoms in total. The Morgan fingerprint density at radius 3 is 1.98 bits per heavy atom. The molecule has 274 valence electrons. The second-order valence-electron chi connectivity index (χ2n) is 13.6. The fraction of sp³-hybridized carbons (Fsp3) is 0.650. The van der Waals surface area contributed by atoms with Gasteiger partial charge in [-0.1, -0.05) is 114 Å². The van der Waals surface area contributed by atoms with Gasteiger partial charge in [-0.25, -0.2) is 5.48 Å². The van der Waals surface area contributed by atoms with E-state index in [2.05, 4.69) is 24.1 Å². The van der Waals surface area contributed by atoms with Crippen molar-refractivity contribution in [2.24, 2.45) is 0 Å². The SMILES string of the molecule is CCCCCCCCN(CCCCCCCC)CC1CC(c2ccc(CO)cc2)OC(c2cccc(NC(=O)CCCCC(=O)NO)c2)O1. The molecule has 3 rings (SSSR count). The number of rotatable bonds is 25. The summed E-state index contributed by atoms with van der Waals surface area (Å²) >= 11 is 0. The highest BCUT2D eigenvalue weighted by Gasteiger charge is 2.33. The van der Waals surface area contributed by atoms with Gasteiger partial charge in [0.1, 0.15) is 0 Å². The molecule has 1 fully saturated rings. The van der Waals surface area contributed by atoms with Crippen molar-refractivity contribution in [3.8, 4) is 0 Å². The van der Waals surface area contributed by atoms with Gasteiger partial charge in [-0.2, -0.15) is 0 Å². The topological polar surface area (TPSA) is 120 Å². The minimum Gasteiger partial charge on any atom is -0.392 e. The highest BCUT2D eigenvalue weighted by Crippen LogP contribution is 2.38. The Kier molecular flexibility index (Phi) is 20.2. The number of aliphatic hydroxyl groups is 1. The Morgan fingerprint density at radius 1 is 0.755 bits per heavy atom. The number of benzene rings is 2. The van der Waals surface area contributed by atoms with Crippen molar-refractivity contribution >= 4 is 17.5 Å². The zero-order valence-electron chi connectivity index (χ0n) is 30.2. The molecule has 3 atom stereocenters. The van der Waals surface area contributed by atoms with Gasteiger partial charge in [-0.3, -0.25) is 14.8 Å². The van der Waals surface area contributed by atoms with E-state index < -0.39 is 12.2 Å². The molecule has 2 amide bonds. The summed E-state index contributed by atoms with van der Waals surface area (Å²) in [6.07, 6.45) is 16.8. The van der Waals surface area contributed by atoms with Crippen molar-refractivity contribution in [1.29, 1.82) is 0 Å². The molecular weight excluding hydrogens is 618 g/mol. The van der Waals surface area contributed by atoms with E-state index in [1.165, 1.54) is 77.0 Å². The molecule has 1 aliphatic rings. The first-order valence-corrected chi connectivity index (χ1v) is 19.0. The Hall–Kier alpha value is -2.82. The summed E-state index contributed by atoms with van der Waals surface area (Å²) in [5, 5.41) is 21.2. The minimum absolute atomic E-state index is 0.00250. The zero-order valence-corrected chi connectivity index (χ0v) is 30.2. The van der Waals surface area contributed by atoms with Crippen molar-refractivity contribution in [3.63, 3.8) is 0 Å². The van der Waals surface area contributed by atoms with Crippen LogP contribution in [-0.4, -0.2) is 52.8 Å². The van der Waals surface area contributed by atoms with Gasteiger partial charge in [-0.15, -0.1) is 0 Å². The van der Waals surface area contributed by atoms with E-state index in [1.807, 2.05) is 48.5 Å². The molecule has 0 radical (unpaired) electrons. The zero-order chi connectivity index (χ0) is 35.1. The summed E-state index contributed by atoms with van der Waals surface area (Å²) in [6, 6.07) is 15.6. The maximum absolute atomic E-state index is 12.6. The van der Waals surface area contributed by atoms with Gasteiger partial charge in [0.25, 0.3) is 0 Å². The van der Waals surface area contributed by atoms with E-state index in [0.29, 0.717) is 18.5 Å². The van der Waals surface area contributed by atoms with Gasteiger partial charge in [0.05, 0.1) is 18.8 Å². The van der Waals surface area contributed by atoms with Crippen LogP contribution < -0.4 is 10.8 Å². The molecule has 1 saturated heterocycles. The summed E-state index contributed by atoms with van der Waals surface area (Å²) in [6.45, 7) is 7.53. The molecule has 3 unspecified atom stereocenters. The first-order chi connectivity index (χ1) is 23.9. The van der Waals surface area contributed by atoms with Crippen molar-refractivity contribution in [3.05, 3.63) is 65.2 Å². The Balaban J connectivity index is 1.70. The maximum atomic E-state index is 12.6. The van der Waals surface area contributed by atoms with Crippen LogP contribution in [0.3, 0.4) is 0 Å². The van der Waals surface area contributed by atoms with E-state index in [0.717, 1.165) is 42.7 Å². The number of ether oxygens (including phenoxy) is 2. The lowest BCUT2D eigenvalue weighted by Crippen LogP contribution is -2.40. The number of hydrogen-bond donors (Lipinski definition) is 4. The van der Waals surface area contributed by atoms with Gasteiger partial charge in [0, 0.05) is 37.1 Å². The summed E-state index contributed by atoms with van der Waals surface area (Å²) in [5.41, 5.74) is 5.07. The quantitative estimate of drug-likeness (QED) is 0.0470. The van der Waals surface area contributed by atoms with Gasteiger partial charge in [0.2, 0.25) is 11.8 Å². The van der Waals surface area contributed by atoms with E-state index in [4.69, 9.17) is 14.7 Å². The van der Waals surface area contributed by atoms with E-state index in [9.17, 15) is 14.7 Å². The molecule has 4 N–H and O–H groups in total. The fourth-order valence-electron chi connectivity index (χ4n) is 6.46. The molecule has 1 heterocycles. The number of nitrogens with zero attached hydrogens (tertiary/aromatic N) is 1. The molecule has 2 aromatic carbocycles. The van der Waals surface area contributed by atoms with Gasteiger partial charge >= 0.3 is 0 Å². The molecule has 0 bridgehead atoms. The lowest BCUT2D eigenvalue weighted by atomic mass is 9.99. The van der Waals surface area contributed by atoms with Crippen LogP contribution >= 0.6 is 0 Å². The number of carbonyl (C=O) groups excluding carboxylic acids is 2. The van der Waals surface area contributed by atoms with Crippen molar-refractivity contribution in [1.82, 2.24) is 10.4 Å². The first kappa shape index (κ1) is 40.6. The third-order valence-corrected chi connectivity index (χ3v) is 9.36. The summed E-state index contributed by atoms with van der Waals surface area (Å²) < 4.78 is 13.3. The fourth-order valence-corrected chi connectivity index (χ4v) is 6.46. The third kappa shape index (κ3) is 16.2. The Labute approximate surface area is 295 Å². The number of hydroxylamine groups is 1. The summed E-state index contributed by atoms with van der Waals surface area (Å²) in [7, 11) is 0. The molecule has 2 aromatic rings. The molecule has 0 spiro atoms. The van der Waals surface area contributed by atoms with Crippen LogP contribution in [0.1, 0.15) is 152 Å². The van der Waals surface area contributed by atoms with Gasteiger partial charge < -0.3 is 24.8 Å². The highest BCUT2D eigenvalue weighted by atomic mass is 16.7. The van der Waals surface area contributed by atoms with E-state index >= 15 is 0 Å². The molecule has 0 aliphatic carbocycles. The lowest BCUT2D eigenvalue weighted by Gasteiger charge is -2.38. The van der Waals surface area contributed by atoms with Crippen LogP contribution in [0.5, 0.6) is 0 Å². The number of aliphatic hydroxyl groups excluding tert-OH is 1. The molecule has 0 saturated carbocycles. The van der Waals surface area contributed by atoms with E-state index in [-0.39, 0.29) is 37.6 Å². The summed E-state index contributed by atoms with van der Waals surface area (Å²) in [5.74, 6) is -0.582. The minimum atomic E-state index is -0.597. The molecule has 1 aliphatic heterocycles. The third-order valence-electron chi connectivity index (χ3n) is 9.36. The van der Waals surface area contributed by atoms with Crippen LogP contribution in [0.2, 0.25) is 0 Å². The van der Waals surface area contributed by atoms with Crippen LogP contribution in [-0.2, 0) is 25.7 Å². The number of nitrogens with one attached hydrogen (secondary N) is 2. The first-order valence-electron chi connectivity index (χ1n) is 19.0. The van der Waals surface area contributed by atoms with Crippen molar-refractivity contribution in [2.45, 2.75) is 148 Å². The second kappa shape index (κ2) is 24.3. The lowest BCUT2D eigenvalue weighted by molar-refractivity contribution is -0.253. The monoisotopic (exact) mass is 681 g/mol. The smallest absolute Gasteiger partial charge is 0.243 e. The van der Waals surface area contributed by atoms with Gasteiger partial charge in [-0.05, 0) is 62.0 Å². The average Bonchev–Trinajstić information content (AvgIpc) is 3.12. The summed E-state index contributed by atoms with van der Waals surface area (Å²) in [4.78, 5) is 26.5. The number of hydrogen-bond acceptors (Lipinski definition) is 7. The van der Waals surface area contributed by atoms with Crippen molar-refractivity contribution in [2.75, 3.05) is 25.0 Å². The number of carbonyl (C=O) groups is 2. The van der Waals surface area contributed by atoms with Gasteiger partial charge in [0.15, 0.2) is 6.29 Å². The maximum Gasteiger partial charge on any atom is 0.243 e. The Bertz CT molecular complexity index is 1180. The molecule has 9 heteroatoms. The standard InChI is InChI=1S/C40H63N3O6/c1-3-5-7-9-11-15-26-43(27-16-12-10-8-6-4-2)30-36-29-37(33-24-22-32(31-44)23-25-33)49-40(48-36)34-18-17-19-35(28-34)41-38(45)20-13-14-21-39(46)42-47/h17-19,22-25,28,36-37,40,44,47H,3-16,20-21,26-27,29-31H2,1-2H3,(H,41,45)(H,42,46). The van der Waals surface area contributed by atoms with Crippen LogP contribution in [0.15, 0.2) is 48.5 Å². The molecular formula is C40H63N3O6. The van der Waals surface area contributed by atoms with Crippen LogP contribution in [0.4, 0.5) is 5.69 Å². The van der Waals surface area contributed by atoms with Crippen molar-refractivity contribution < 1.29 is 29.4 Å². The number of amides is 2. The number of anilines is 1. The molecule has 0 aromatic heterocycles. The van der Waals surface area contributed by atoms with E-state index in [1.54, 1.807) is 5.48 Å². The molecule has 49 heavy (non-hydrogen) atoms. The van der Waals surface area contributed by atoms with Crippen LogP contribution in [0, 0.1) is 0 Å². The largest absolute Gasteiger partial charge is 0.392 e. The highest BCUT2D eigenvalue weighted by molar-refractivity contribution is 5.90.